The number of rotatable bonds is 7. The van der Waals surface area contributed by atoms with Gasteiger partial charge in [-0.05, 0) is 25.2 Å². The van der Waals surface area contributed by atoms with Crippen molar-refractivity contribution in [3.05, 3.63) is 29.8 Å². The minimum atomic E-state index is -0.819. The van der Waals surface area contributed by atoms with Gasteiger partial charge in [0.25, 0.3) is 0 Å². The molecule has 0 aliphatic rings. The summed E-state index contributed by atoms with van der Waals surface area (Å²) in [6.07, 6.45) is 0. The first-order valence-corrected chi connectivity index (χ1v) is 7.52. The number of hydrogen-bond donors (Lipinski definition) is 2. The Morgan fingerprint density at radius 1 is 1.09 bits per heavy atom. The summed E-state index contributed by atoms with van der Waals surface area (Å²) >= 11 is 0. The van der Waals surface area contributed by atoms with Crippen molar-refractivity contribution in [3.63, 3.8) is 0 Å². The number of para-hydroxylation sites is 1. The summed E-state index contributed by atoms with van der Waals surface area (Å²) in [4.78, 5) is 37.4. The molecule has 0 atom stereocenters. The highest BCUT2D eigenvalue weighted by molar-refractivity contribution is 6.40. The fourth-order valence-electron chi connectivity index (χ4n) is 2.01. The predicted molar refractivity (Wildman–Crippen MR) is 87.2 cm³/mol. The Bertz CT molecular complexity index is 556. The van der Waals surface area contributed by atoms with Crippen LogP contribution in [0.3, 0.4) is 0 Å². The Kier molecular flexibility index (Phi) is 7.76. The third-order valence-corrected chi connectivity index (χ3v) is 3.39. The van der Waals surface area contributed by atoms with E-state index >= 15 is 0 Å². The minimum absolute atomic E-state index is 0.194. The van der Waals surface area contributed by atoms with Crippen LogP contribution in [0.2, 0.25) is 0 Å². The van der Waals surface area contributed by atoms with Crippen molar-refractivity contribution in [2.24, 2.45) is 0 Å². The highest BCUT2D eigenvalue weighted by Crippen LogP contribution is 2.15. The van der Waals surface area contributed by atoms with Gasteiger partial charge in [-0.3, -0.25) is 9.59 Å². The van der Waals surface area contributed by atoms with Crippen molar-refractivity contribution < 1.29 is 19.1 Å². The number of methoxy groups -OCH3 is 1. The number of amides is 2. The third-order valence-electron chi connectivity index (χ3n) is 3.39. The maximum absolute atomic E-state index is 11.9. The first-order valence-electron chi connectivity index (χ1n) is 7.52. The molecular formula is C16H23N3O4. The fourth-order valence-corrected chi connectivity index (χ4v) is 2.01. The zero-order valence-electron chi connectivity index (χ0n) is 13.7. The maximum Gasteiger partial charge on any atom is 0.339 e. The highest BCUT2D eigenvalue weighted by Gasteiger charge is 2.17. The molecule has 2 amide bonds. The summed E-state index contributed by atoms with van der Waals surface area (Å²) < 4.78 is 4.64. The van der Waals surface area contributed by atoms with Gasteiger partial charge in [0.15, 0.2) is 0 Å². The molecule has 1 rings (SSSR count). The number of ether oxygens (including phenoxy) is 1. The van der Waals surface area contributed by atoms with Gasteiger partial charge in [-0.1, -0.05) is 26.0 Å². The predicted octanol–water partition coefficient (Wildman–Crippen LogP) is 0.870. The van der Waals surface area contributed by atoms with E-state index in [4.69, 9.17) is 0 Å². The SMILES string of the molecule is CCN(CC)CCNC(=O)C(=O)Nc1ccccc1C(=O)OC. The molecule has 1 aromatic rings. The van der Waals surface area contributed by atoms with Crippen LogP contribution >= 0.6 is 0 Å². The number of nitrogens with zero attached hydrogens (tertiary/aromatic N) is 1. The van der Waals surface area contributed by atoms with E-state index in [9.17, 15) is 14.4 Å². The molecule has 2 N–H and O–H groups in total. The van der Waals surface area contributed by atoms with Gasteiger partial charge in [0.2, 0.25) is 0 Å². The lowest BCUT2D eigenvalue weighted by molar-refractivity contribution is -0.136. The monoisotopic (exact) mass is 321 g/mol. The van der Waals surface area contributed by atoms with E-state index in [0.29, 0.717) is 13.1 Å². The van der Waals surface area contributed by atoms with Gasteiger partial charge in [0, 0.05) is 13.1 Å². The van der Waals surface area contributed by atoms with Crippen molar-refractivity contribution in [2.45, 2.75) is 13.8 Å². The second-order valence-corrected chi connectivity index (χ2v) is 4.77. The smallest absolute Gasteiger partial charge is 0.339 e. The molecule has 0 spiro atoms. The summed E-state index contributed by atoms with van der Waals surface area (Å²) in [5.74, 6) is -2.14. The van der Waals surface area contributed by atoms with Crippen LogP contribution < -0.4 is 10.6 Å². The number of benzene rings is 1. The quantitative estimate of drug-likeness (QED) is 0.575. The zero-order chi connectivity index (χ0) is 17.2. The number of esters is 1. The molecule has 0 bridgehead atoms. The van der Waals surface area contributed by atoms with E-state index in [0.717, 1.165) is 13.1 Å². The first kappa shape index (κ1) is 18.6. The molecule has 0 heterocycles. The summed E-state index contributed by atoms with van der Waals surface area (Å²) in [5, 5.41) is 4.98. The van der Waals surface area contributed by atoms with E-state index in [1.54, 1.807) is 12.1 Å². The topological polar surface area (TPSA) is 87.7 Å². The van der Waals surface area contributed by atoms with Crippen molar-refractivity contribution in [1.82, 2.24) is 10.2 Å². The number of carbonyl (C=O) groups excluding carboxylic acids is 3. The second-order valence-electron chi connectivity index (χ2n) is 4.77. The van der Waals surface area contributed by atoms with E-state index in [-0.39, 0.29) is 11.3 Å². The average Bonchev–Trinajstić information content (AvgIpc) is 2.58. The van der Waals surface area contributed by atoms with Crippen molar-refractivity contribution in [1.29, 1.82) is 0 Å². The normalized spacial score (nSPS) is 10.3. The van der Waals surface area contributed by atoms with Crippen LogP contribution in [-0.4, -0.2) is 56.0 Å². The minimum Gasteiger partial charge on any atom is -0.465 e. The Hall–Kier alpha value is -2.41. The lowest BCUT2D eigenvalue weighted by Crippen LogP contribution is -2.40. The number of hydrogen-bond acceptors (Lipinski definition) is 5. The summed E-state index contributed by atoms with van der Waals surface area (Å²) in [6, 6.07) is 6.35. The summed E-state index contributed by atoms with van der Waals surface area (Å²) in [6.45, 7) is 6.87. The molecule has 126 valence electrons. The van der Waals surface area contributed by atoms with E-state index in [1.165, 1.54) is 19.2 Å². The van der Waals surface area contributed by atoms with Crippen LogP contribution in [0.4, 0.5) is 5.69 Å². The molecular weight excluding hydrogens is 298 g/mol. The van der Waals surface area contributed by atoms with Crippen LogP contribution in [-0.2, 0) is 14.3 Å². The average molecular weight is 321 g/mol. The standard InChI is InChI=1S/C16H23N3O4/c1-4-19(5-2)11-10-17-14(20)15(21)18-13-9-7-6-8-12(13)16(22)23-3/h6-9H,4-5,10-11H2,1-3H3,(H,17,20)(H,18,21). The van der Waals surface area contributed by atoms with Crippen molar-refractivity contribution in [3.8, 4) is 0 Å². The molecule has 1 aromatic carbocycles. The molecule has 0 aliphatic carbocycles. The number of carbonyl (C=O) groups is 3. The molecule has 0 saturated carbocycles. The first-order chi connectivity index (χ1) is 11.0. The van der Waals surface area contributed by atoms with E-state index < -0.39 is 17.8 Å². The van der Waals surface area contributed by atoms with Gasteiger partial charge >= 0.3 is 17.8 Å². The molecule has 0 unspecified atom stereocenters. The van der Waals surface area contributed by atoms with Crippen molar-refractivity contribution >= 4 is 23.5 Å². The fraction of sp³-hybridized carbons (Fsp3) is 0.438. The molecule has 0 saturated heterocycles. The zero-order valence-corrected chi connectivity index (χ0v) is 13.7. The molecule has 0 aromatic heterocycles. The Morgan fingerprint density at radius 2 is 1.74 bits per heavy atom. The highest BCUT2D eigenvalue weighted by atomic mass is 16.5. The molecule has 0 radical (unpaired) electrons. The molecule has 0 fully saturated rings. The Balaban J connectivity index is 2.59. The van der Waals surface area contributed by atoms with Crippen LogP contribution in [0.15, 0.2) is 24.3 Å². The lowest BCUT2D eigenvalue weighted by Gasteiger charge is -2.17. The number of anilines is 1. The Labute approximate surface area is 136 Å². The summed E-state index contributed by atoms with van der Waals surface area (Å²) in [7, 11) is 1.25. The van der Waals surface area contributed by atoms with Crippen LogP contribution in [0.25, 0.3) is 0 Å². The van der Waals surface area contributed by atoms with Gasteiger partial charge in [-0.15, -0.1) is 0 Å². The maximum atomic E-state index is 11.9. The number of nitrogens with one attached hydrogen (secondary N) is 2. The van der Waals surface area contributed by atoms with E-state index in [1.807, 2.05) is 13.8 Å². The van der Waals surface area contributed by atoms with Gasteiger partial charge in [-0.25, -0.2) is 4.79 Å². The van der Waals surface area contributed by atoms with E-state index in [2.05, 4.69) is 20.3 Å². The Morgan fingerprint density at radius 3 is 2.35 bits per heavy atom. The van der Waals surface area contributed by atoms with Gasteiger partial charge in [0.1, 0.15) is 0 Å². The van der Waals surface area contributed by atoms with Crippen LogP contribution in [0, 0.1) is 0 Å². The molecule has 23 heavy (non-hydrogen) atoms. The molecule has 0 aliphatic heterocycles. The third kappa shape index (κ3) is 5.71. The van der Waals surface area contributed by atoms with Crippen LogP contribution in [0.5, 0.6) is 0 Å². The van der Waals surface area contributed by atoms with Gasteiger partial charge in [0.05, 0.1) is 18.4 Å². The lowest BCUT2D eigenvalue weighted by atomic mass is 10.2. The second kappa shape index (κ2) is 9.58. The van der Waals surface area contributed by atoms with Crippen molar-refractivity contribution in [2.75, 3.05) is 38.6 Å². The largest absolute Gasteiger partial charge is 0.465 e. The van der Waals surface area contributed by atoms with Crippen LogP contribution in [0.1, 0.15) is 24.2 Å². The number of likely N-dealkylation sites (N-methyl/N-ethyl adjacent to an activating group) is 1. The molecule has 7 heteroatoms. The summed E-state index contributed by atoms with van der Waals surface area (Å²) in [5.41, 5.74) is 0.433. The van der Waals surface area contributed by atoms with Gasteiger partial charge in [-0.2, -0.15) is 0 Å². The van der Waals surface area contributed by atoms with Gasteiger partial charge < -0.3 is 20.3 Å². The molecule has 7 nitrogen and oxygen atoms in total.